The zero-order chi connectivity index (χ0) is 24.1. The van der Waals surface area contributed by atoms with Crippen LogP contribution >= 0.6 is 11.6 Å². The van der Waals surface area contributed by atoms with Crippen molar-refractivity contribution in [3.05, 3.63) is 40.6 Å². The van der Waals surface area contributed by atoms with E-state index >= 15 is 0 Å². The van der Waals surface area contributed by atoms with Crippen LogP contribution in [0.2, 0.25) is 5.02 Å². The number of phenols is 1. The predicted octanol–water partition coefficient (Wildman–Crippen LogP) is 4.83. The smallest absolute Gasteiger partial charge is 0.276 e. The Labute approximate surface area is 196 Å². The molecule has 0 radical (unpaired) electrons. The van der Waals surface area contributed by atoms with Gasteiger partial charge in [-0.3, -0.25) is 4.79 Å². The maximum Gasteiger partial charge on any atom is 0.276 e. The Balaban J connectivity index is 0.000000323. The van der Waals surface area contributed by atoms with E-state index in [1.807, 2.05) is 7.05 Å². The Bertz CT molecular complexity index is 1140. The second-order valence-corrected chi connectivity index (χ2v) is 8.78. The van der Waals surface area contributed by atoms with Crippen molar-refractivity contribution in [2.45, 2.75) is 46.5 Å². The van der Waals surface area contributed by atoms with Crippen LogP contribution in [-0.4, -0.2) is 49.6 Å². The van der Waals surface area contributed by atoms with E-state index < -0.39 is 11.6 Å². The molecule has 0 spiro atoms. The summed E-state index contributed by atoms with van der Waals surface area (Å²) in [5.74, 6) is 0.290. The van der Waals surface area contributed by atoms with E-state index in [4.69, 9.17) is 16.1 Å². The lowest BCUT2D eigenvalue weighted by molar-refractivity contribution is -0.131. The van der Waals surface area contributed by atoms with Gasteiger partial charge in [-0.1, -0.05) is 30.6 Å². The number of carbonyl (C=O) groups is 1. The number of halogens is 2. The Kier molecular flexibility index (Phi) is 7.97. The molecular weight excluding hydrogens is 449 g/mol. The van der Waals surface area contributed by atoms with Gasteiger partial charge in [-0.05, 0) is 44.2 Å². The first-order valence-electron chi connectivity index (χ1n) is 10.7. The quantitative estimate of drug-likeness (QED) is 0.576. The fourth-order valence-electron chi connectivity index (χ4n) is 3.35. The fourth-order valence-corrected chi connectivity index (χ4v) is 3.59. The van der Waals surface area contributed by atoms with Gasteiger partial charge in [-0.2, -0.15) is 4.98 Å². The van der Waals surface area contributed by atoms with Crippen LogP contribution in [0.4, 0.5) is 4.39 Å². The number of nitrogens with zero attached hydrogens (tertiary/aromatic N) is 5. The fraction of sp³-hybridized carbons (Fsp3) is 0.435. The van der Waals surface area contributed by atoms with Crippen LogP contribution in [0.5, 0.6) is 5.75 Å². The summed E-state index contributed by atoms with van der Waals surface area (Å²) >= 11 is 6.03. The van der Waals surface area contributed by atoms with E-state index in [1.54, 1.807) is 17.9 Å². The average molecular weight is 476 g/mol. The van der Waals surface area contributed by atoms with Crippen LogP contribution in [-0.2, 0) is 11.2 Å². The molecule has 1 aliphatic heterocycles. The molecule has 3 heterocycles. The van der Waals surface area contributed by atoms with Gasteiger partial charge in [0, 0.05) is 37.3 Å². The lowest BCUT2D eigenvalue weighted by Crippen LogP contribution is -2.31. The highest BCUT2D eigenvalue weighted by atomic mass is 35.5. The van der Waals surface area contributed by atoms with Crippen molar-refractivity contribution in [2.24, 2.45) is 5.92 Å². The van der Waals surface area contributed by atoms with Gasteiger partial charge in [-0.25, -0.2) is 14.4 Å². The molecule has 1 aliphatic rings. The molecule has 0 unspecified atom stereocenters. The van der Waals surface area contributed by atoms with Crippen LogP contribution in [0.1, 0.15) is 44.6 Å². The maximum absolute atomic E-state index is 13.6. The van der Waals surface area contributed by atoms with E-state index in [0.717, 1.165) is 43.6 Å². The zero-order valence-electron chi connectivity index (χ0n) is 19.1. The number of carbonyl (C=O) groups excluding carboxylic acids is 1. The molecule has 0 saturated carbocycles. The normalized spacial score (nSPS) is 13.8. The highest BCUT2D eigenvalue weighted by Crippen LogP contribution is 2.32. The molecule has 1 fully saturated rings. The average Bonchev–Trinajstić information content (AvgIpc) is 3.22. The molecule has 3 aromatic rings. The highest BCUT2D eigenvalue weighted by molar-refractivity contribution is 6.33. The number of aromatic hydroxyl groups is 1. The SMILES string of the molecule is CN1CCCCC1=O.Cc1nc(CC(C)C)cc(-c2nc(-c3cc(F)c(O)cc3Cl)no2)n1. The molecule has 0 atom stereocenters. The molecule has 176 valence electrons. The molecule has 0 aliphatic carbocycles. The highest BCUT2D eigenvalue weighted by Gasteiger charge is 2.18. The largest absolute Gasteiger partial charge is 0.505 e. The van der Waals surface area contributed by atoms with Crippen molar-refractivity contribution >= 4 is 17.5 Å². The molecule has 4 rings (SSSR count). The molecular formula is C23H27ClFN5O3. The summed E-state index contributed by atoms with van der Waals surface area (Å²) in [7, 11) is 1.86. The summed E-state index contributed by atoms with van der Waals surface area (Å²) in [5.41, 5.74) is 1.60. The first-order chi connectivity index (χ1) is 15.6. The van der Waals surface area contributed by atoms with E-state index in [1.165, 1.54) is 6.42 Å². The Morgan fingerprint density at radius 2 is 1.97 bits per heavy atom. The summed E-state index contributed by atoms with van der Waals surface area (Å²) in [5, 5.41) is 13.3. The Morgan fingerprint density at radius 1 is 1.21 bits per heavy atom. The van der Waals surface area contributed by atoms with Crippen LogP contribution in [0.25, 0.3) is 23.0 Å². The van der Waals surface area contributed by atoms with Gasteiger partial charge in [0.05, 0.1) is 5.02 Å². The van der Waals surface area contributed by atoms with Gasteiger partial charge < -0.3 is 14.5 Å². The van der Waals surface area contributed by atoms with Gasteiger partial charge in [0.15, 0.2) is 11.6 Å². The number of likely N-dealkylation sites (tertiary alicyclic amines) is 1. The standard InChI is InChI=1S/C17H16ClFN4O2.C6H11NO/c1-8(2)4-10-5-14(21-9(3)20-10)17-22-16(23-25-17)11-6-13(19)15(24)7-12(11)18;1-7-5-3-2-4-6(7)8/h5-8,24H,4H2,1-3H3;2-5H2,1H3. The molecule has 1 aromatic carbocycles. The summed E-state index contributed by atoms with van der Waals surface area (Å²) in [4.78, 5) is 25.5. The van der Waals surface area contributed by atoms with Crippen molar-refractivity contribution in [1.82, 2.24) is 25.0 Å². The second kappa shape index (κ2) is 10.7. The minimum absolute atomic E-state index is 0.112. The minimum atomic E-state index is -0.817. The molecule has 1 N–H and O–H groups in total. The number of piperidine rings is 1. The van der Waals surface area contributed by atoms with Gasteiger partial charge >= 0.3 is 0 Å². The van der Waals surface area contributed by atoms with Crippen LogP contribution < -0.4 is 0 Å². The lowest BCUT2D eigenvalue weighted by Gasteiger charge is -2.21. The van der Waals surface area contributed by atoms with Crippen molar-refractivity contribution in [3.63, 3.8) is 0 Å². The third-order valence-corrected chi connectivity index (χ3v) is 5.30. The monoisotopic (exact) mass is 475 g/mol. The number of aryl methyl sites for hydroxylation is 1. The Hall–Kier alpha value is -3.07. The molecule has 1 saturated heterocycles. The topological polar surface area (TPSA) is 105 Å². The summed E-state index contributed by atoms with van der Waals surface area (Å²) in [6.07, 6.45) is 3.83. The van der Waals surface area contributed by atoms with Gasteiger partial charge in [0.1, 0.15) is 11.5 Å². The van der Waals surface area contributed by atoms with Gasteiger partial charge in [0.2, 0.25) is 11.7 Å². The van der Waals surface area contributed by atoms with Gasteiger partial charge in [-0.15, -0.1) is 0 Å². The maximum atomic E-state index is 13.6. The van der Waals surface area contributed by atoms with E-state index in [0.29, 0.717) is 23.3 Å². The summed E-state index contributed by atoms with van der Waals surface area (Å²) in [6.45, 7) is 6.95. The van der Waals surface area contributed by atoms with Crippen molar-refractivity contribution in [2.75, 3.05) is 13.6 Å². The number of benzene rings is 1. The molecule has 1 amide bonds. The Morgan fingerprint density at radius 3 is 2.61 bits per heavy atom. The number of hydrogen-bond donors (Lipinski definition) is 1. The molecule has 10 heteroatoms. The summed E-state index contributed by atoms with van der Waals surface area (Å²) in [6, 6.07) is 3.95. The predicted molar refractivity (Wildman–Crippen MR) is 122 cm³/mol. The second-order valence-electron chi connectivity index (χ2n) is 8.37. The number of amides is 1. The zero-order valence-corrected chi connectivity index (χ0v) is 19.9. The number of hydrogen-bond acceptors (Lipinski definition) is 7. The van der Waals surface area contributed by atoms with Crippen LogP contribution in [0.15, 0.2) is 22.7 Å². The van der Waals surface area contributed by atoms with Crippen LogP contribution in [0, 0.1) is 18.7 Å². The van der Waals surface area contributed by atoms with E-state index in [-0.39, 0.29) is 22.3 Å². The van der Waals surface area contributed by atoms with E-state index in [2.05, 4.69) is 34.0 Å². The molecule has 8 nitrogen and oxygen atoms in total. The van der Waals surface area contributed by atoms with Gasteiger partial charge in [0.25, 0.3) is 5.89 Å². The molecule has 33 heavy (non-hydrogen) atoms. The van der Waals surface area contributed by atoms with E-state index in [9.17, 15) is 14.3 Å². The third-order valence-electron chi connectivity index (χ3n) is 4.99. The van der Waals surface area contributed by atoms with Crippen LogP contribution in [0.3, 0.4) is 0 Å². The number of aromatic nitrogens is 4. The lowest BCUT2D eigenvalue weighted by atomic mass is 10.1. The summed E-state index contributed by atoms with van der Waals surface area (Å²) < 4.78 is 18.8. The number of phenolic OH excluding ortho intramolecular Hbond substituents is 1. The molecule has 0 bridgehead atoms. The molecule has 2 aromatic heterocycles. The number of rotatable bonds is 4. The van der Waals surface area contributed by atoms with Crippen molar-refractivity contribution < 1.29 is 18.8 Å². The van der Waals surface area contributed by atoms with Crippen molar-refractivity contribution in [1.29, 1.82) is 0 Å². The van der Waals surface area contributed by atoms with Crippen molar-refractivity contribution in [3.8, 4) is 28.7 Å². The third kappa shape index (κ3) is 6.47. The minimum Gasteiger partial charge on any atom is -0.505 e. The first kappa shape index (κ1) is 24.6. The first-order valence-corrected chi connectivity index (χ1v) is 11.1.